The van der Waals surface area contributed by atoms with E-state index in [4.69, 9.17) is 5.53 Å². The topological polar surface area (TPSA) is 56.7 Å². The number of nitrogens with zero attached hydrogens (tertiary/aromatic N) is 3. The van der Waals surface area contributed by atoms with Crippen molar-refractivity contribution in [1.29, 1.82) is 0 Å². The molecule has 1 aliphatic heterocycles. The molecule has 2 aromatic carbocycles. The van der Waals surface area contributed by atoms with Crippen LogP contribution in [0.25, 0.3) is 5.53 Å². The summed E-state index contributed by atoms with van der Waals surface area (Å²) in [6, 6.07) is 15.0. The van der Waals surface area contributed by atoms with E-state index in [0.717, 1.165) is 16.9 Å². The van der Waals surface area contributed by atoms with Gasteiger partial charge in [-0.25, -0.2) is 0 Å². The first-order chi connectivity index (χ1) is 9.22. The average molecular weight is 249 g/mol. The Morgan fingerprint density at radius 3 is 2.53 bits per heavy atom. The van der Waals surface area contributed by atoms with Gasteiger partial charge in [-0.1, -0.05) is 29.8 Å². The number of rotatable bonds is 1. The molecule has 4 heteroatoms. The lowest BCUT2D eigenvalue weighted by Crippen LogP contribution is -2.25. The molecule has 0 aliphatic carbocycles. The fourth-order valence-electron chi connectivity index (χ4n) is 2.30. The van der Waals surface area contributed by atoms with Gasteiger partial charge in [-0.05, 0) is 31.2 Å². The van der Waals surface area contributed by atoms with Gasteiger partial charge in [-0.15, -0.1) is 0 Å². The Labute approximate surface area is 110 Å². The third kappa shape index (κ3) is 1.66. The molecule has 0 bridgehead atoms. The number of amides is 1. The fourth-order valence-corrected chi connectivity index (χ4v) is 2.30. The Bertz CT molecular complexity index is 715. The third-order valence-corrected chi connectivity index (χ3v) is 3.17. The maximum atomic E-state index is 12.3. The summed E-state index contributed by atoms with van der Waals surface area (Å²) >= 11 is 0. The molecule has 3 rings (SSSR count). The summed E-state index contributed by atoms with van der Waals surface area (Å²) < 4.78 is 0. The van der Waals surface area contributed by atoms with Gasteiger partial charge in [-0.2, -0.15) is 4.79 Å². The zero-order valence-corrected chi connectivity index (χ0v) is 10.4. The van der Waals surface area contributed by atoms with Crippen LogP contribution in [0.4, 0.5) is 11.4 Å². The van der Waals surface area contributed by atoms with E-state index >= 15 is 0 Å². The van der Waals surface area contributed by atoms with Gasteiger partial charge in [0.05, 0.1) is 11.3 Å². The number of anilines is 2. The van der Waals surface area contributed by atoms with E-state index < -0.39 is 0 Å². The van der Waals surface area contributed by atoms with Gasteiger partial charge in [0.1, 0.15) is 0 Å². The molecule has 0 saturated carbocycles. The molecule has 0 radical (unpaired) electrons. The van der Waals surface area contributed by atoms with E-state index in [1.807, 2.05) is 55.5 Å². The Hall–Kier alpha value is -2.71. The molecule has 0 atom stereocenters. The van der Waals surface area contributed by atoms with Crippen LogP contribution in [0.1, 0.15) is 11.1 Å². The molecular formula is C15H11N3O. The largest absolute Gasteiger partial charge is 0.389 e. The monoisotopic (exact) mass is 249 g/mol. The molecule has 0 saturated heterocycles. The van der Waals surface area contributed by atoms with Crippen LogP contribution < -0.4 is 4.90 Å². The number of carbonyl (C=O) groups excluding carboxylic acids is 1. The number of benzene rings is 2. The van der Waals surface area contributed by atoms with E-state index in [1.54, 1.807) is 4.90 Å². The average Bonchev–Trinajstić information content (AvgIpc) is 2.70. The van der Waals surface area contributed by atoms with Crippen molar-refractivity contribution >= 4 is 23.0 Å². The van der Waals surface area contributed by atoms with Crippen LogP contribution >= 0.6 is 0 Å². The second-order valence-electron chi connectivity index (χ2n) is 4.45. The van der Waals surface area contributed by atoms with Crippen molar-refractivity contribution < 1.29 is 9.58 Å². The first-order valence-electron chi connectivity index (χ1n) is 5.95. The van der Waals surface area contributed by atoms with Crippen molar-refractivity contribution in [3.63, 3.8) is 0 Å². The van der Waals surface area contributed by atoms with Gasteiger partial charge in [0.15, 0.2) is 0 Å². The Morgan fingerprint density at radius 1 is 1.11 bits per heavy atom. The van der Waals surface area contributed by atoms with E-state index in [-0.39, 0.29) is 11.6 Å². The van der Waals surface area contributed by atoms with Gasteiger partial charge >= 0.3 is 11.6 Å². The van der Waals surface area contributed by atoms with Crippen molar-refractivity contribution in [2.24, 2.45) is 0 Å². The summed E-state index contributed by atoms with van der Waals surface area (Å²) in [5, 5.41) is 0. The SMILES string of the molecule is Cc1ccc2c(c1)C(=[N+]=[N-])C(=O)N2c1ccccc1. The fraction of sp³-hybridized carbons (Fsp3) is 0.0667. The van der Waals surface area contributed by atoms with E-state index in [9.17, 15) is 4.79 Å². The zero-order chi connectivity index (χ0) is 13.4. The minimum Gasteiger partial charge on any atom is -0.361 e. The lowest BCUT2D eigenvalue weighted by molar-refractivity contribution is -0.115. The van der Waals surface area contributed by atoms with Gasteiger partial charge < -0.3 is 5.53 Å². The van der Waals surface area contributed by atoms with Crippen molar-refractivity contribution in [2.75, 3.05) is 4.90 Å². The van der Waals surface area contributed by atoms with Gasteiger partial charge in [0.2, 0.25) is 0 Å². The van der Waals surface area contributed by atoms with Crippen molar-refractivity contribution in [3.8, 4) is 0 Å². The Kier molecular flexibility index (Phi) is 2.51. The van der Waals surface area contributed by atoms with Crippen LogP contribution in [-0.2, 0) is 4.79 Å². The van der Waals surface area contributed by atoms with Crippen LogP contribution in [0.5, 0.6) is 0 Å². The standard InChI is InChI=1S/C15H11N3O/c1-10-7-8-13-12(9-10)14(17-16)15(19)18(13)11-5-3-2-4-6-11/h2-9H,1H3. The molecular weight excluding hydrogens is 238 g/mol. The number of hydrogen-bond acceptors (Lipinski definition) is 1. The van der Waals surface area contributed by atoms with Crippen molar-refractivity contribution in [3.05, 3.63) is 65.2 Å². The quantitative estimate of drug-likeness (QED) is 0.566. The lowest BCUT2D eigenvalue weighted by Gasteiger charge is -2.15. The number of para-hydroxylation sites is 1. The number of fused-ring (bicyclic) bond motifs is 1. The lowest BCUT2D eigenvalue weighted by atomic mass is 10.1. The summed E-state index contributed by atoms with van der Waals surface area (Å²) in [5.41, 5.74) is 12.3. The highest BCUT2D eigenvalue weighted by Crippen LogP contribution is 2.35. The molecule has 0 unspecified atom stereocenters. The van der Waals surface area contributed by atoms with Crippen LogP contribution in [0.2, 0.25) is 0 Å². The van der Waals surface area contributed by atoms with E-state index in [1.165, 1.54) is 0 Å². The minimum absolute atomic E-state index is 0.0857. The molecule has 1 aliphatic rings. The number of carbonyl (C=O) groups is 1. The molecule has 1 heterocycles. The van der Waals surface area contributed by atoms with Crippen molar-refractivity contribution in [2.45, 2.75) is 6.92 Å². The van der Waals surface area contributed by atoms with E-state index in [2.05, 4.69) is 4.79 Å². The normalized spacial score (nSPS) is 13.4. The van der Waals surface area contributed by atoms with Gasteiger partial charge in [0.25, 0.3) is 0 Å². The van der Waals surface area contributed by atoms with Gasteiger partial charge in [-0.3, -0.25) is 9.69 Å². The third-order valence-electron chi connectivity index (χ3n) is 3.17. The summed E-state index contributed by atoms with van der Waals surface area (Å²) in [4.78, 5) is 17.1. The maximum Gasteiger partial charge on any atom is 0.389 e. The van der Waals surface area contributed by atoms with Crippen LogP contribution in [0.3, 0.4) is 0 Å². The van der Waals surface area contributed by atoms with Crippen molar-refractivity contribution in [1.82, 2.24) is 0 Å². The molecule has 0 N–H and O–H groups in total. The molecule has 2 aromatic rings. The van der Waals surface area contributed by atoms with Gasteiger partial charge in [0, 0.05) is 5.69 Å². The highest BCUT2D eigenvalue weighted by atomic mass is 16.2. The zero-order valence-electron chi connectivity index (χ0n) is 10.4. The first-order valence-corrected chi connectivity index (χ1v) is 5.95. The smallest absolute Gasteiger partial charge is 0.361 e. The highest BCUT2D eigenvalue weighted by Gasteiger charge is 2.41. The molecule has 0 aromatic heterocycles. The Balaban J connectivity index is 2.25. The molecule has 0 spiro atoms. The molecule has 19 heavy (non-hydrogen) atoms. The molecule has 0 fully saturated rings. The van der Waals surface area contributed by atoms with Crippen LogP contribution in [-0.4, -0.2) is 16.4 Å². The second-order valence-corrected chi connectivity index (χ2v) is 4.45. The summed E-state index contributed by atoms with van der Waals surface area (Å²) in [5.74, 6) is -0.311. The predicted octanol–water partition coefficient (Wildman–Crippen LogP) is 2.69. The molecule has 1 amide bonds. The first kappa shape index (κ1) is 11.4. The maximum absolute atomic E-state index is 12.3. The minimum atomic E-state index is -0.311. The van der Waals surface area contributed by atoms with Crippen LogP contribution in [0.15, 0.2) is 48.5 Å². The number of aryl methyl sites for hydroxylation is 1. The van der Waals surface area contributed by atoms with E-state index in [0.29, 0.717) is 5.56 Å². The predicted molar refractivity (Wildman–Crippen MR) is 72.5 cm³/mol. The summed E-state index contributed by atoms with van der Waals surface area (Å²) in [6.45, 7) is 1.94. The summed E-state index contributed by atoms with van der Waals surface area (Å²) in [6.07, 6.45) is 0. The highest BCUT2D eigenvalue weighted by molar-refractivity contribution is 6.53. The number of hydrogen-bond donors (Lipinski definition) is 0. The molecule has 4 nitrogen and oxygen atoms in total. The molecule has 92 valence electrons. The van der Waals surface area contributed by atoms with Crippen LogP contribution in [0, 0.1) is 6.92 Å². The second kappa shape index (κ2) is 4.19. The Morgan fingerprint density at radius 2 is 1.84 bits per heavy atom. The summed E-state index contributed by atoms with van der Waals surface area (Å²) in [7, 11) is 0.